The highest BCUT2D eigenvalue weighted by atomic mass is 35.5. The van der Waals surface area contributed by atoms with Gasteiger partial charge in [-0.25, -0.2) is 9.37 Å². The molecule has 3 rings (SSSR count). The first kappa shape index (κ1) is 13.5. The van der Waals surface area contributed by atoms with Crippen LogP contribution >= 0.6 is 11.6 Å². The van der Waals surface area contributed by atoms with Crippen molar-refractivity contribution in [3.05, 3.63) is 52.8 Å². The Balaban J connectivity index is 1.87. The topological polar surface area (TPSA) is 47.1 Å². The molecular formula is C14H16ClFN4. The lowest BCUT2D eigenvalue weighted by Crippen LogP contribution is -2.39. The summed E-state index contributed by atoms with van der Waals surface area (Å²) in [4.78, 5) is 6.58. The minimum Gasteiger partial charge on any atom is -0.333 e. The Morgan fingerprint density at radius 1 is 1.40 bits per heavy atom. The van der Waals surface area contributed by atoms with Crippen molar-refractivity contribution in [2.45, 2.75) is 19.1 Å². The van der Waals surface area contributed by atoms with Crippen molar-refractivity contribution in [1.29, 1.82) is 0 Å². The molecular weight excluding hydrogens is 279 g/mol. The minimum atomic E-state index is -0.330. The van der Waals surface area contributed by atoms with Gasteiger partial charge in [0.25, 0.3) is 0 Å². The van der Waals surface area contributed by atoms with E-state index in [0.717, 1.165) is 31.0 Å². The van der Waals surface area contributed by atoms with Crippen molar-refractivity contribution < 1.29 is 4.39 Å². The SMILES string of the molecule is NCC(c1ccc(F)cc1Cl)N1CCn2ccnc2C1. The summed E-state index contributed by atoms with van der Waals surface area (Å²) >= 11 is 6.16. The molecule has 4 nitrogen and oxygen atoms in total. The highest BCUT2D eigenvalue weighted by molar-refractivity contribution is 6.31. The van der Waals surface area contributed by atoms with E-state index in [0.29, 0.717) is 11.6 Å². The Morgan fingerprint density at radius 2 is 2.25 bits per heavy atom. The molecule has 1 aromatic carbocycles. The van der Waals surface area contributed by atoms with Gasteiger partial charge in [0, 0.05) is 43.1 Å². The predicted molar refractivity (Wildman–Crippen MR) is 75.8 cm³/mol. The third-order valence-electron chi connectivity index (χ3n) is 3.76. The summed E-state index contributed by atoms with van der Waals surface area (Å²) in [6.07, 6.45) is 3.79. The monoisotopic (exact) mass is 294 g/mol. The van der Waals surface area contributed by atoms with Gasteiger partial charge in [-0.3, -0.25) is 4.90 Å². The van der Waals surface area contributed by atoms with Crippen molar-refractivity contribution in [3.8, 4) is 0 Å². The Labute approximate surface area is 122 Å². The van der Waals surface area contributed by atoms with E-state index in [1.807, 2.05) is 6.20 Å². The number of benzene rings is 1. The third kappa shape index (κ3) is 2.44. The van der Waals surface area contributed by atoms with Crippen LogP contribution in [0.3, 0.4) is 0 Å². The molecule has 0 amide bonds. The van der Waals surface area contributed by atoms with Gasteiger partial charge in [0.05, 0.1) is 6.54 Å². The molecule has 0 saturated heterocycles. The molecule has 0 saturated carbocycles. The lowest BCUT2D eigenvalue weighted by atomic mass is 10.0. The van der Waals surface area contributed by atoms with E-state index in [-0.39, 0.29) is 11.9 Å². The minimum absolute atomic E-state index is 0.0199. The van der Waals surface area contributed by atoms with Gasteiger partial charge in [0.2, 0.25) is 0 Å². The first-order valence-corrected chi connectivity index (χ1v) is 6.96. The number of nitrogens with two attached hydrogens (primary N) is 1. The number of nitrogens with zero attached hydrogens (tertiary/aromatic N) is 3. The highest BCUT2D eigenvalue weighted by Gasteiger charge is 2.25. The number of aromatic nitrogens is 2. The van der Waals surface area contributed by atoms with E-state index in [9.17, 15) is 4.39 Å². The quantitative estimate of drug-likeness (QED) is 0.944. The molecule has 0 bridgehead atoms. The van der Waals surface area contributed by atoms with E-state index >= 15 is 0 Å². The first-order valence-electron chi connectivity index (χ1n) is 6.58. The molecule has 0 spiro atoms. The first-order chi connectivity index (χ1) is 9.69. The Hall–Kier alpha value is -1.43. The fourth-order valence-electron chi connectivity index (χ4n) is 2.70. The maximum absolute atomic E-state index is 13.2. The van der Waals surface area contributed by atoms with Gasteiger partial charge in [-0.15, -0.1) is 0 Å². The van der Waals surface area contributed by atoms with Crippen LogP contribution < -0.4 is 5.73 Å². The second-order valence-corrected chi connectivity index (χ2v) is 5.33. The normalized spacial score (nSPS) is 16.9. The van der Waals surface area contributed by atoms with Crippen LogP contribution in [0.4, 0.5) is 4.39 Å². The molecule has 0 aliphatic carbocycles. The van der Waals surface area contributed by atoms with Crippen molar-refractivity contribution in [3.63, 3.8) is 0 Å². The number of halogens is 2. The van der Waals surface area contributed by atoms with E-state index in [1.54, 1.807) is 12.3 Å². The molecule has 1 unspecified atom stereocenters. The molecule has 2 N–H and O–H groups in total. The summed E-state index contributed by atoms with van der Waals surface area (Å²) in [6, 6.07) is 4.46. The van der Waals surface area contributed by atoms with Crippen LogP contribution in [0.2, 0.25) is 5.02 Å². The Kier molecular flexibility index (Phi) is 3.74. The third-order valence-corrected chi connectivity index (χ3v) is 4.09. The second kappa shape index (κ2) is 5.52. The fourth-order valence-corrected chi connectivity index (χ4v) is 3.00. The zero-order valence-electron chi connectivity index (χ0n) is 11.0. The molecule has 2 aromatic rings. The van der Waals surface area contributed by atoms with E-state index in [4.69, 9.17) is 17.3 Å². The van der Waals surface area contributed by atoms with Gasteiger partial charge in [0.15, 0.2) is 0 Å². The van der Waals surface area contributed by atoms with Gasteiger partial charge < -0.3 is 10.3 Å². The molecule has 0 radical (unpaired) electrons. The molecule has 2 heterocycles. The molecule has 0 fully saturated rings. The second-order valence-electron chi connectivity index (χ2n) is 4.92. The molecule has 1 aliphatic rings. The maximum Gasteiger partial charge on any atom is 0.124 e. The van der Waals surface area contributed by atoms with Crippen LogP contribution in [0.15, 0.2) is 30.6 Å². The van der Waals surface area contributed by atoms with Crippen molar-refractivity contribution in [2.75, 3.05) is 13.1 Å². The van der Waals surface area contributed by atoms with Crippen LogP contribution in [-0.4, -0.2) is 27.5 Å². The number of fused-ring (bicyclic) bond motifs is 1. The standard InChI is InChI=1S/C14H16ClFN4/c15-12-7-10(16)1-2-11(12)13(8-17)20-6-5-19-4-3-18-14(19)9-20/h1-4,7,13H,5-6,8-9,17H2. The smallest absolute Gasteiger partial charge is 0.124 e. The van der Waals surface area contributed by atoms with E-state index in [2.05, 4.69) is 14.5 Å². The van der Waals surface area contributed by atoms with Gasteiger partial charge in [-0.2, -0.15) is 0 Å². The number of rotatable bonds is 3. The largest absolute Gasteiger partial charge is 0.333 e. The summed E-state index contributed by atoms with van der Waals surface area (Å²) < 4.78 is 15.3. The van der Waals surface area contributed by atoms with Crippen LogP contribution in [0.1, 0.15) is 17.4 Å². The van der Waals surface area contributed by atoms with Crippen LogP contribution in [-0.2, 0) is 13.1 Å². The lowest BCUT2D eigenvalue weighted by molar-refractivity contribution is 0.156. The Morgan fingerprint density at radius 3 is 3.00 bits per heavy atom. The van der Waals surface area contributed by atoms with Crippen molar-refractivity contribution in [1.82, 2.24) is 14.5 Å². The number of hydrogen-bond donors (Lipinski definition) is 1. The molecule has 20 heavy (non-hydrogen) atoms. The van der Waals surface area contributed by atoms with Crippen LogP contribution in [0.25, 0.3) is 0 Å². The zero-order chi connectivity index (χ0) is 14.1. The highest BCUT2D eigenvalue weighted by Crippen LogP contribution is 2.29. The summed E-state index contributed by atoms with van der Waals surface area (Å²) in [5.74, 6) is 0.691. The van der Waals surface area contributed by atoms with Gasteiger partial charge in [-0.05, 0) is 17.7 Å². The fraction of sp³-hybridized carbons (Fsp3) is 0.357. The van der Waals surface area contributed by atoms with Crippen LogP contribution in [0.5, 0.6) is 0 Å². The van der Waals surface area contributed by atoms with E-state index in [1.165, 1.54) is 12.1 Å². The molecule has 106 valence electrons. The van der Waals surface area contributed by atoms with Gasteiger partial charge >= 0.3 is 0 Å². The average molecular weight is 295 g/mol. The molecule has 1 aromatic heterocycles. The number of hydrogen-bond acceptors (Lipinski definition) is 3. The average Bonchev–Trinajstić information content (AvgIpc) is 2.89. The zero-order valence-corrected chi connectivity index (χ0v) is 11.7. The summed E-state index contributed by atoms with van der Waals surface area (Å²) in [7, 11) is 0. The van der Waals surface area contributed by atoms with Crippen molar-refractivity contribution in [2.24, 2.45) is 5.73 Å². The summed E-state index contributed by atoms with van der Waals surface area (Å²) in [5.41, 5.74) is 6.79. The Bertz CT molecular complexity index is 613. The summed E-state index contributed by atoms with van der Waals surface area (Å²) in [6.45, 7) is 2.91. The van der Waals surface area contributed by atoms with Crippen LogP contribution in [0, 0.1) is 5.82 Å². The molecule has 1 aliphatic heterocycles. The van der Waals surface area contributed by atoms with E-state index < -0.39 is 0 Å². The van der Waals surface area contributed by atoms with Gasteiger partial charge in [0.1, 0.15) is 11.6 Å². The number of imidazole rings is 1. The summed E-state index contributed by atoms with van der Waals surface area (Å²) in [5, 5.41) is 0.425. The predicted octanol–water partition coefficient (Wildman–Crippen LogP) is 2.19. The molecule has 1 atom stereocenters. The lowest BCUT2D eigenvalue weighted by Gasteiger charge is -2.34. The molecule has 6 heteroatoms. The van der Waals surface area contributed by atoms with Crippen molar-refractivity contribution >= 4 is 11.6 Å². The maximum atomic E-state index is 13.2. The van der Waals surface area contributed by atoms with Gasteiger partial charge in [-0.1, -0.05) is 17.7 Å².